The lowest BCUT2D eigenvalue weighted by Crippen LogP contribution is -2.07. The number of rotatable bonds is 3. The fourth-order valence-electron chi connectivity index (χ4n) is 1.33. The van der Waals surface area contributed by atoms with Gasteiger partial charge in [-0.05, 0) is 17.7 Å². The Kier molecular flexibility index (Phi) is 4.03. The van der Waals surface area contributed by atoms with Crippen LogP contribution in [0.5, 0.6) is 0 Å². The van der Waals surface area contributed by atoms with Crippen molar-refractivity contribution < 1.29 is 17.2 Å². The van der Waals surface area contributed by atoms with Gasteiger partial charge in [0.1, 0.15) is 0 Å². The summed E-state index contributed by atoms with van der Waals surface area (Å²) >= 11 is 0. The third kappa shape index (κ3) is 2.91. The minimum absolute atomic E-state index is 0.0773. The summed E-state index contributed by atoms with van der Waals surface area (Å²) in [5.41, 5.74) is 4.37. The molecule has 0 atom stereocenters. The number of nitrogens with two attached hydrogens (primary N) is 1. The average Bonchev–Trinajstić information content (AvgIpc) is 2.25. The molecule has 8 heteroatoms. The van der Waals surface area contributed by atoms with Crippen molar-refractivity contribution in [2.75, 3.05) is 0 Å². The Labute approximate surface area is 101 Å². The predicted octanol–water partition coefficient (Wildman–Crippen LogP) is 1.88. The first kappa shape index (κ1) is 13.8. The molecule has 1 aromatic carbocycles. The molecule has 0 fully saturated rings. The fourth-order valence-corrected chi connectivity index (χ4v) is 2.12. The van der Waals surface area contributed by atoms with E-state index in [0.29, 0.717) is 0 Å². The van der Waals surface area contributed by atoms with Gasteiger partial charge in [0.2, 0.25) is 0 Å². The number of nitrogens with zero attached hydrogens (tertiary/aromatic N) is 1. The van der Waals surface area contributed by atoms with Crippen molar-refractivity contribution in [3.8, 4) is 6.07 Å². The largest absolute Gasteiger partial charge is 0.326 e. The molecule has 0 bridgehead atoms. The minimum atomic E-state index is -4.17. The van der Waals surface area contributed by atoms with E-state index in [4.69, 9.17) is 21.7 Å². The van der Waals surface area contributed by atoms with Crippen LogP contribution in [0.1, 0.15) is 23.1 Å². The molecule has 0 saturated heterocycles. The van der Waals surface area contributed by atoms with Gasteiger partial charge in [0.15, 0.2) is 0 Å². The number of hydrogen-bond acceptors (Lipinski definition) is 4. The molecule has 0 radical (unpaired) electrons. The molecule has 92 valence electrons. The summed E-state index contributed by atoms with van der Waals surface area (Å²) in [4.78, 5) is -0.539. The molecule has 0 aliphatic heterocycles. The van der Waals surface area contributed by atoms with Crippen LogP contribution in [0.4, 0.5) is 8.78 Å². The second-order valence-corrected chi connectivity index (χ2v) is 5.66. The van der Waals surface area contributed by atoms with Gasteiger partial charge >= 0.3 is 0 Å². The normalized spacial score (nSPS) is 11.5. The maximum absolute atomic E-state index is 12.7. The van der Waals surface area contributed by atoms with Gasteiger partial charge in [-0.3, -0.25) is 0 Å². The van der Waals surface area contributed by atoms with Crippen LogP contribution in [0, 0.1) is 11.3 Å². The van der Waals surface area contributed by atoms with Gasteiger partial charge in [-0.15, -0.1) is 0 Å². The Morgan fingerprint density at radius 3 is 2.41 bits per heavy atom. The van der Waals surface area contributed by atoms with E-state index in [-0.39, 0.29) is 17.7 Å². The van der Waals surface area contributed by atoms with Crippen LogP contribution in [-0.4, -0.2) is 8.42 Å². The molecule has 4 nitrogen and oxygen atoms in total. The zero-order valence-corrected chi connectivity index (χ0v) is 9.89. The van der Waals surface area contributed by atoms with Crippen LogP contribution in [0.15, 0.2) is 17.0 Å². The summed E-state index contributed by atoms with van der Waals surface area (Å²) in [5, 5.41) is 8.76. The van der Waals surface area contributed by atoms with Crippen molar-refractivity contribution in [2.24, 2.45) is 5.73 Å². The first-order valence-electron chi connectivity index (χ1n) is 4.31. The molecule has 0 saturated carbocycles. The Hall–Kier alpha value is -1.23. The first-order valence-corrected chi connectivity index (χ1v) is 6.62. The number of hydrogen-bond donors (Lipinski definition) is 1. The van der Waals surface area contributed by atoms with Crippen molar-refractivity contribution in [1.29, 1.82) is 5.26 Å². The smallest absolute Gasteiger partial charge is 0.264 e. The zero-order chi connectivity index (χ0) is 13.2. The highest BCUT2D eigenvalue weighted by Gasteiger charge is 2.21. The molecule has 0 spiro atoms. The Bertz CT molecular complexity index is 581. The number of benzene rings is 1. The molecule has 0 aromatic heterocycles. The highest BCUT2D eigenvalue weighted by molar-refractivity contribution is 8.13. The summed E-state index contributed by atoms with van der Waals surface area (Å²) in [6, 6.07) is 3.28. The maximum atomic E-state index is 12.7. The number of nitriles is 1. The van der Waals surface area contributed by atoms with Crippen molar-refractivity contribution in [3.05, 3.63) is 28.8 Å². The SMILES string of the molecule is N#Cc1cc(S(=O)(=O)Cl)cc(C(F)F)c1CN. The molecule has 17 heavy (non-hydrogen) atoms. The first-order chi connectivity index (χ1) is 7.81. The van der Waals surface area contributed by atoms with Crippen LogP contribution in [0.25, 0.3) is 0 Å². The summed E-state index contributed by atoms with van der Waals surface area (Å²) in [5.74, 6) is 0. The third-order valence-corrected chi connectivity index (χ3v) is 3.43. The van der Waals surface area contributed by atoms with E-state index < -0.39 is 25.9 Å². The summed E-state index contributed by atoms with van der Waals surface area (Å²) in [7, 11) is 0.877. The lowest BCUT2D eigenvalue weighted by molar-refractivity contribution is 0.150. The summed E-state index contributed by atoms with van der Waals surface area (Å²) in [6.07, 6.45) is -2.93. The van der Waals surface area contributed by atoms with Crippen LogP contribution < -0.4 is 5.73 Å². The highest BCUT2D eigenvalue weighted by Crippen LogP contribution is 2.29. The van der Waals surface area contributed by atoms with Gasteiger partial charge in [-0.1, -0.05) is 0 Å². The van der Waals surface area contributed by atoms with Crippen molar-refractivity contribution in [3.63, 3.8) is 0 Å². The molecule has 0 amide bonds. The predicted molar refractivity (Wildman–Crippen MR) is 57.0 cm³/mol. The molecule has 0 heterocycles. The highest BCUT2D eigenvalue weighted by atomic mass is 35.7. The maximum Gasteiger partial charge on any atom is 0.264 e. The van der Waals surface area contributed by atoms with E-state index in [0.717, 1.165) is 12.1 Å². The Morgan fingerprint density at radius 1 is 1.47 bits per heavy atom. The summed E-state index contributed by atoms with van der Waals surface area (Å²) < 4.78 is 47.5. The topological polar surface area (TPSA) is 84.0 Å². The number of halogens is 3. The van der Waals surface area contributed by atoms with Crippen molar-refractivity contribution in [1.82, 2.24) is 0 Å². The zero-order valence-electron chi connectivity index (χ0n) is 8.32. The second kappa shape index (κ2) is 4.96. The average molecular weight is 281 g/mol. The quantitative estimate of drug-likeness (QED) is 0.857. The molecule has 1 rings (SSSR count). The van der Waals surface area contributed by atoms with Crippen LogP contribution in [-0.2, 0) is 15.6 Å². The van der Waals surface area contributed by atoms with Gasteiger partial charge in [0, 0.05) is 22.8 Å². The molecular formula is C9H7ClF2N2O2S. The van der Waals surface area contributed by atoms with E-state index in [1.54, 1.807) is 6.07 Å². The molecule has 0 aliphatic rings. The Morgan fingerprint density at radius 2 is 2.06 bits per heavy atom. The minimum Gasteiger partial charge on any atom is -0.326 e. The van der Waals surface area contributed by atoms with Crippen LogP contribution >= 0.6 is 10.7 Å². The fraction of sp³-hybridized carbons (Fsp3) is 0.222. The van der Waals surface area contributed by atoms with E-state index in [1.165, 1.54) is 0 Å². The van der Waals surface area contributed by atoms with Gasteiger partial charge in [-0.25, -0.2) is 17.2 Å². The lowest BCUT2D eigenvalue weighted by atomic mass is 10.0. The van der Waals surface area contributed by atoms with Gasteiger partial charge < -0.3 is 5.73 Å². The van der Waals surface area contributed by atoms with Crippen LogP contribution in [0.2, 0.25) is 0 Å². The lowest BCUT2D eigenvalue weighted by Gasteiger charge is -2.10. The molecule has 0 aliphatic carbocycles. The van der Waals surface area contributed by atoms with Gasteiger partial charge in [0.05, 0.1) is 16.5 Å². The Balaban J connectivity index is 3.65. The van der Waals surface area contributed by atoms with Gasteiger partial charge in [0.25, 0.3) is 15.5 Å². The van der Waals surface area contributed by atoms with Crippen molar-refractivity contribution in [2.45, 2.75) is 17.9 Å². The van der Waals surface area contributed by atoms with Crippen LogP contribution in [0.3, 0.4) is 0 Å². The van der Waals surface area contributed by atoms with Crippen molar-refractivity contribution >= 4 is 19.7 Å². The van der Waals surface area contributed by atoms with E-state index in [1.807, 2.05) is 0 Å². The molecular weight excluding hydrogens is 274 g/mol. The third-order valence-electron chi connectivity index (χ3n) is 2.10. The molecule has 2 N–H and O–H groups in total. The van der Waals surface area contributed by atoms with E-state index >= 15 is 0 Å². The number of alkyl halides is 2. The second-order valence-electron chi connectivity index (χ2n) is 3.09. The van der Waals surface area contributed by atoms with Gasteiger partial charge in [-0.2, -0.15) is 5.26 Å². The monoisotopic (exact) mass is 280 g/mol. The van der Waals surface area contributed by atoms with E-state index in [9.17, 15) is 17.2 Å². The summed E-state index contributed by atoms with van der Waals surface area (Å²) in [6.45, 7) is -0.287. The standard InChI is InChI=1S/C9H7ClF2N2O2S/c10-17(15,16)6-1-5(3-13)8(4-14)7(2-6)9(11)12/h1-2,9H,4,14H2. The molecule has 1 aromatic rings. The molecule has 0 unspecified atom stereocenters. The van der Waals surface area contributed by atoms with E-state index in [2.05, 4.69) is 0 Å².